The first-order valence-electron chi connectivity index (χ1n) is 11.4. The number of azo groups is 1. The highest BCUT2D eigenvalue weighted by molar-refractivity contribution is 7.89. The van der Waals surface area contributed by atoms with Gasteiger partial charge in [0.05, 0.1) is 21.9 Å². The molecule has 0 radical (unpaired) electrons. The van der Waals surface area contributed by atoms with Gasteiger partial charge in [-0.25, -0.2) is 13.6 Å². The summed E-state index contributed by atoms with van der Waals surface area (Å²) in [6, 6.07) is 23.5. The van der Waals surface area contributed by atoms with Gasteiger partial charge in [0.25, 0.3) is 5.69 Å². The zero-order valence-corrected chi connectivity index (χ0v) is 21.7. The summed E-state index contributed by atoms with van der Waals surface area (Å²) in [4.78, 5) is 10.9. The zero-order valence-electron chi connectivity index (χ0n) is 20.1. The molecule has 5 aromatic rings. The van der Waals surface area contributed by atoms with Crippen LogP contribution in [0.2, 0.25) is 0 Å². The maximum absolute atomic E-state index is 11.4. The van der Waals surface area contributed by atoms with Crippen LogP contribution in [-0.2, 0) is 16.6 Å². The molecule has 0 aliphatic heterocycles. The Kier molecular flexibility index (Phi) is 6.78. The molecule has 13 heteroatoms. The number of rotatable bonds is 6. The number of anilines is 1. The number of hydrogen-bond acceptors (Lipinski definition) is 7. The number of sulfonamides is 1. The van der Waals surface area contributed by atoms with Crippen molar-refractivity contribution >= 4 is 66.1 Å². The van der Waals surface area contributed by atoms with Gasteiger partial charge in [-0.05, 0) is 58.9 Å². The summed E-state index contributed by atoms with van der Waals surface area (Å²) in [6.07, 6.45) is 0. The molecule has 4 aromatic carbocycles. The quantitative estimate of drug-likeness (QED) is 0.105. The summed E-state index contributed by atoms with van der Waals surface area (Å²) in [5.74, 6) is -0.234. The van der Waals surface area contributed by atoms with E-state index in [2.05, 4.69) is 15.5 Å². The normalized spacial score (nSPS) is 11.8. The second-order valence-corrected chi connectivity index (χ2v) is 10.5. The molecule has 5 rings (SSSR count). The molecule has 0 fully saturated rings. The van der Waals surface area contributed by atoms with Crippen LogP contribution in [0, 0.1) is 10.1 Å². The van der Waals surface area contributed by atoms with E-state index in [-0.39, 0.29) is 33.8 Å². The van der Waals surface area contributed by atoms with Crippen molar-refractivity contribution in [1.82, 2.24) is 4.57 Å². The minimum atomic E-state index is -3.84. The predicted molar refractivity (Wildman–Crippen MR) is 152 cm³/mol. The van der Waals surface area contributed by atoms with E-state index in [1.807, 2.05) is 42.5 Å². The molecule has 196 valence electrons. The molecule has 0 aliphatic carbocycles. The maximum Gasteiger partial charge on any atom is 0.270 e. The highest BCUT2D eigenvalue weighted by atomic mass is 32.2. The Bertz CT molecular complexity index is 1890. The van der Waals surface area contributed by atoms with Gasteiger partial charge < -0.3 is 15.0 Å². The third-order valence-electron chi connectivity index (χ3n) is 6.09. The number of nitrogens with one attached hydrogen (secondary N) is 1. The fraction of sp³-hybridized carbons (Fsp3) is 0.0385. The molecule has 4 N–H and O–H groups in total. The van der Waals surface area contributed by atoms with Crippen LogP contribution in [0.25, 0.3) is 21.7 Å². The van der Waals surface area contributed by atoms with Gasteiger partial charge in [0, 0.05) is 23.2 Å². The number of thiocarbonyl (C=S) groups is 1. The van der Waals surface area contributed by atoms with Gasteiger partial charge in [-0.3, -0.25) is 10.1 Å². The van der Waals surface area contributed by atoms with E-state index < -0.39 is 14.9 Å². The number of non-ortho nitro benzene ring substituents is 1. The SMILES string of the molecule is NS(=O)(=O)c1ccc(NC(=S)N=Nc2c(O)n(Cc3cccc4ccccc34)c3ccc([N+](=O)[O-])cc23)cc1. The Hall–Kier alpha value is -4.72. The number of nitrogens with zero attached hydrogens (tertiary/aromatic N) is 4. The highest BCUT2D eigenvalue weighted by Gasteiger charge is 2.21. The molecule has 1 heterocycles. The summed E-state index contributed by atoms with van der Waals surface area (Å²) in [7, 11) is -3.84. The maximum atomic E-state index is 11.4. The lowest BCUT2D eigenvalue weighted by Crippen LogP contribution is -2.12. The van der Waals surface area contributed by atoms with E-state index in [1.165, 1.54) is 36.4 Å². The molecule has 39 heavy (non-hydrogen) atoms. The van der Waals surface area contributed by atoms with Crippen molar-refractivity contribution in [3.63, 3.8) is 0 Å². The number of nitro groups is 1. The van der Waals surface area contributed by atoms with E-state index in [0.29, 0.717) is 16.6 Å². The van der Waals surface area contributed by atoms with Gasteiger partial charge in [0.15, 0.2) is 5.69 Å². The van der Waals surface area contributed by atoms with Crippen molar-refractivity contribution in [2.75, 3.05) is 5.32 Å². The van der Waals surface area contributed by atoms with Crippen LogP contribution in [0.15, 0.2) is 100 Å². The van der Waals surface area contributed by atoms with Gasteiger partial charge in [0.1, 0.15) is 0 Å². The number of nitrogens with two attached hydrogens (primary N) is 1. The van der Waals surface area contributed by atoms with Gasteiger partial charge >= 0.3 is 0 Å². The first-order chi connectivity index (χ1) is 18.6. The standard InChI is InChI=1S/C26H20N6O5S2/c27-39(36,37)20-11-8-18(9-12-20)28-26(38)30-29-24-22-14-19(32(34)35)10-13-23(22)31(25(24)33)15-17-6-3-5-16-4-1-2-7-21(16)17/h1-14,33H,15H2,(H,28,38)(H2,27,36,37). The Morgan fingerprint density at radius 1 is 1.03 bits per heavy atom. The molecule has 0 bridgehead atoms. The number of benzene rings is 4. The first kappa shape index (κ1) is 25.9. The lowest BCUT2D eigenvalue weighted by molar-refractivity contribution is -0.384. The molecule has 0 unspecified atom stereocenters. The monoisotopic (exact) mass is 560 g/mol. The Balaban J connectivity index is 1.51. The second kappa shape index (κ2) is 10.2. The number of nitro benzene ring substituents is 1. The van der Waals surface area contributed by atoms with Crippen molar-refractivity contribution in [3.05, 3.63) is 101 Å². The largest absolute Gasteiger partial charge is 0.493 e. The molecule has 0 spiro atoms. The summed E-state index contributed by atoms with van der Waals surface area (Å²) >= 11 is 5.23. The van der Waals surface area contributed by atoms with Crippen molar-refractivity contribution in [2.24, 2.45) is 15.4 Å². The number of aromatic hydroxyl groups is 1. The molecular formula is C26H20N6O5S2. The fourth-order valence-electron chi connectivity index (χ4n) is 4.26. The van der Waals surface area contributed by atoms with Gasteiger partial charge in [-0.15, -0.1) is 10.2 Å². The third-order valence-corrected chi connectivity index (χ3v) is 7.20. The summed E-state index contributed by atoms with van der Waals surface area (Å²) in [6.45, 7) is 0.274. The molecule has 1 aromatic heterocycles. The molecule has 0 atom stereocenters. The van der Waals surface area contributed by atoms with E-state index in [4.69, 9.17) is 17.4 Å². The van der Waals surface area contributed by atoms with Crippen LogP contribution >= 0.6 is 12.2 Å². The number of hydrogen-bond donors (Lipinski definition) is 3. The van der Waals surface area contributed by atoms with E-state index in [0.717, 1.165) is 16.3 Å². The lowest BCUT2D eigenvalue weighted by Gasteiger charge is -2.10. The number of primary sulfonamides is 1. The van der Waals surface area contributed by atoms with Crippen LogP contribution in [0.1, 0.15) is 5.56 Å². The van der Waals surface area contributed by atoms with Crippen LogP contribution in [0.4, 0.5) is 17.1 Å². The van der Waals surface area contributed by atoms with Crippen molar-refractivity contribution in [3.8, 4) is 5.88 Å². The average Bonchev–Trinajstić information content (AvgIpc) is 3.17. The van der Waals surface area contributed by atoms with Crippen LogP contribution in [-0.4, -0.2) is 28.1 Å². The number of fused-ring (bicyclic) bond motifs is 2. The molecule has 0 saturated heterocycles. The molecule has 0 amide bonds. The Labute approximate surface area is 227 Å². The van der Waals surface area contributed by atoms with Crippen molar-refractivity contribution in [2.45, 2.75) is 11.4 Å². The van der Waals surface area contributed by atoms with E-state index in [9.17, 15) is 23.6 Å². The summed E-state index contributed by atoms with van der Waals surface area (Å²) < 4.78 is 24.5. The van der Waals surface area contributed by atoms with Crippen molar-refractivity contribution in [1.29, 1.82) is 0 Å². The Morgan fingerprint density at radius 2 is 1.74 bits per heavy atom. The van der Waals surface area contributed by atoms with Gasteiger partial charge in [-0.2, -0.15) is 0 Å². The summed E-state index contributed by atoms with van der Waals surface area (Å²) in [5, 5.41) is 40.9. The number of aromatic nitrogens is 1. The minimum Gasteiger partial charge on any atom is -0.493 e. The lowest BCUT2D eigenvalue weighted by atomic mass is 10.0. The molecule has 0 aliphatic rings. The smallest absolute Gasteiger partial charge is 0.270 e. The predicted octanol–water partition coefficient (Wildman–Crippen LogP) is 5.58. The third kappa shape index (κ3) is 5.31. The zero-order chi connectivity index (χ0) is 27.7. The summed E-state index contributed by atoms with van der Waals surface area (Å²) in [5.41, 5.74) is 1.74. The fourth-order valence-corrected chi connectivity index (χ4v) is 4.93. The van der Waals surface area contributed by atoms with E-state index >= 15 is 0 Å². The van der Waals surface area contributed by atoms with Gasteiger partial charge in [-0.1, -0.05) is 42.5 Å². The average molecular weight is 561 g/mol. The van der Waals surface area contributed by atoms with E-state index in [1.54, 1.807) is 10.6 Å². The first-order valence-corrected chi connectivity index (χ1v) is 13.4. The molecular weight excluding hydrogens is 540 g/mol. The van der Waals surface area contributed by atoms with Crippen LogP contribution in [0.5, 0.6) is 5.88 Å². The molecule has 0 saturated carbocycles. The highest BCUT2D eigenvalue weighted by Crippen LogP contribution is 2.41. The Morgan fingerprint density at radius 3 is 2.46 bits per heavy atom. The minimum absolute atomic E-state index is 0.0164. The van der Waals surface area contributed by atoms with Crippen LogP contribution < -0.4 is 10.5 Å². The molecule has 11 nitrogen and oxygen atoms in total. The van der Waals surface area contributed by atoms with Crippen LogP contribution in [0.3, 0.4) is 0 Å². The second-order valence-electron chi connectivity index (χ2n) is 8.55. The topological polar surface area (TPSA) is 165 Å². The van der Waals surface area contributed by atoms with Gasteiger partial charge in [0.2, 0.25) is 21.0 Å². The van der Waals surface area contributed by atoms with Crippen molar-refractivity contribution < 1.29 is 18.4 Å².